The number of hydrogen-bond acceptors (Lipinski definition) is 3. The standard InChI is InChI=1S/C20H34N4O/c1-3-21-20(22-11-13-24-12-7-8-17(2)15-24)23-14-19(16-25)18-9-5-4-6-10-18/h4-6,9-10,17,19,25H,3,7-8,11-16H2,1-2H3,(H2,21,22,23). The lowest BCUT2D eigenvalue weighted by atomic mass is 10.0. The van der Waals surface area contributed by atoms with Gasteiger partial charge >= 0.3 is 0 Å². The fourth-order valence-electron chi connectivity index (χ4n) is 3.36. The molecule has 2 atom stereocenters. The van der Waals surface area contributed by atoms with Gasteiger partial charge in [0.25, 0.3) is 0 Å². The molecule has 5 heteroatoms. The maximum absolute atomic E-state index is 9.68. The fourth-order valence-corrected chi connectivity index (χ4v) is 3.36. The lowest BCUT2D eigenvalue weighted by Crippen LogP contribution is -2.44. The molecule has 1 heterocycles. The number of nitrogens with one attached hydrogen (secondary N) is 2. The Bertz CT molecular complexity index is 506. The van der Waals surface area contributed by atoms with Crippen molar-refractivity contribution in [3.8, 4) is 0 Å². The van der Waals surface area contributed by atoms with E-state index in [1.807, 2.05) is 30.3 Å². The summed E-state index contributed by atoms with van der Waals surface area (Å²) in [5.41, 5.74) is 1.13. The number of benzene rings is 1. The Balaban J connectivity index is 1.82. The smallest absolute Gasteiger partial charge is 0.191 e. The topological polar surface area (TPSA) is 59.9 Å². The first-order valence-corrected chi connectivity index (χ1v) is 9.63. The molecule has 1 aliphatic rings. The number of rotatable bonds is 8. The number of aliphatic imine (C=N–C) groups is 1. The van der Waals surface area contributed by atoms with E-state index in [4.69, 9.17) is 0 Å². The maximum atomic E-state index is 9.68. The molecule has 140 valence electrons. The predicted molar refractivity (Wildman–Crippen MR) is 105 cm³/mol. The molecule has 3 N–H and O–H groups in total. The van der Waals surface area contributed by atoms with Crippen molar-refractivity contribution in [1.29, 1.82) is 0 Å². The second kappa shape index (κ2) is 11.1. The molecule has 0 saturated carbocycles. The van der Waals surface area contributed by atoms with Crippen LogP contribution in [0.4, 0.5) is 0 Å². The summed E-state index contributed by atoms with van der Waals surface area (Å²) in [6.07, 6.45) is 2.67. The molecule has 0 radical (unpaired) electrons. The molecule has 25 heavy (non-hydrogen) atoms. The van der Waals surface area contributed by atoms with Crippen LogP contribution >= 0.6 is 0 Å². The van der Waals surface area contributed by atoms with Gasteiger partial charge in [0.05, 0.1) is 13.2 Å². The van der Waals surface area contributed by atoms with E-state index in [0.29, 0.717) is 6.54 Å². The van der Waals surface area contributed by atoms with Gasteiger partial charge in [0.2, 0.25) is 0 Å². The van der Waals surface area contributed by atoms with Gasteiger partial charge in [-0.2, -0.15) is 0 Å². The molecular formula is C20H34N4O. The van der Waals surface area contributed by atoms with Gasteiger partial charge in [-0.15, -0.1) is 0 Å². The third-order valence-electron chi connectivity index (χ3n) is 4.77. The Morgan fingerprint density at radius 3 is 2.80 bits per heavy atom. The lowest BCUT2D eigenvalue weighted by molar-refractivity contribution is 0.187. The molecule has 0 aromatic heterocycles. The molecule has 2 rings (SSSR count). The van der Waals surface area contributed by atoms with Crippen LogP contribution in [0.1, 0.15) is 38.2 Å². The Labute approximate surface area is 152 Å². The van der Waals surface area contributed by atoms with Crippen LogP contribution in [0.3, 0.4) is 0 Å². The monoisotopic (exact) mass is 346 g/mol. The van der Waals surface area contributed by atoms with Gasteiger partial charge in [-0.1, -0.05) is 37.3 Å². The summed E-state index contributed by atoms with van der Waals surface area (Å²) in [7, 11) is 0. The summed E-state index contributed by atoms with van der Waals surface area (Å²) < 4.78 is 0. The Kier molecular flexibility index (Phi) is 8.77. The molecule has 1 aromatic carbocycles. The fraction of sp³-hybridized carbons (Fsp3) is 0.650. The van der Waals surface area contributed by atoms with E-state index >= 15 is 0 Å². The highest BCUT2D eigenvalue weighted by atomic mass is 16.3. The van der Waals surface area contributed by atoms with Gasteiger partial charge in [-0.05, 0) is 37.8 Å². The highest BCUT2D eigenvalue weighted by molar-refractivity contribution is 5.79. The molecule has 1 aliphatic heterocycles. The van der Waals surface area contributed by atoms with Gasteiger partial charge in [0, 0.05) is 32.1 Å². The maximum Gasteiger partial charge on any atom is 0.191 e. The van der Waals surface area contributed by atoms with Gasteiger partial charge < -0.3 is 20.6 Å². The van der Waals surface area contributed by atoms with Crippen LogP contribution in [0.5, 0.6) is 0 Å². The van der Waals surface area contributed by atoms with E-state index in [1.54, 1.807) is 0 Å². The number of likely N-dealkylation sites (tertiary alicyclic amines) is 1. The summed E-state index contributed by atoms with van der Waals surface area (Å²) in [5, 5.41) is 16.4. The summed E-state index contributed by atoms with van der Waals surface area (Å²) in [5.74, 6) is 1.69. The minimum absolute atomic E-state index is 0.0413. The number of nitrogens with zero attached hydrogens (tertiary/aromatic N) is 2. The van der Waals surface area contributed by atoms with E-state index in [-0.39, 0.29) is 12.5 Å². The normalized spacial score (nSPS) is 20.3. The molecule has 5 nitrogen and oxygen atoms in total. The van der Waals surface area contributed by atoms with Crippen molar-refractivity contribution in [3.05, 3.63) is 35.9 Å². The molecule has 1 aromatic rings. The summed E-state index contributed by atoms with van der Waals surface area (Å²) in [6.45, 7) is 10.3. The average Bonchev–Trinajstić information content (AvgIpc) is 2.63. The van der Waals surface area contributed by atoms with Gasteiger partial charge in [0.15, 0.2) is 5.96 Å². The zero-order valence-electron chi connectivity index (χ0n) is 15.7. The molecule has 2 unspecified atom stereocenters. The van der Waals surface area contributed by atoms with Crippen LogP contribution in [0.25, 0.3) is 0 Å². The second-order valence-electron chi connectivity index (χ2n) is 6.98. The largest absolute Gasteiger partial charge is 0.396 e. The number of aliphatic hydroxyl groups excluding tert-OH is 1. The third kappa shape index (κ3) is 7.04. The predicted octanol–water partition coefficient (Wildman–Crippen LogP) is 2.05. The van der Waals surface area contributed by atoms with Gasteiger partial charge in [-0.25, -0.2) is 0 Å². The number of piperidine rings is 1. The summed E-state index contributed by atoms with van der Waals surface area (Å²) >= 11 is 0. The van der Waals surface area contributed by atoms with Crippen molar-refractivity contribution in [2.75, 3.05) is 45.9 Å². The zero-order chi connectivity index (χ0) is 17.9. The number of aliphatic hydroxyl groups is 1. The van der Waals surface area contributed by atoms with Crippen molar-refractivity contribution in [2.24, 2.45) is 10.9 Å². The van der Waals surface area contributed by atoms with Crippen molar-refractivity contribution in [1.82, 2.24) is 15.5 Å². The van der Waals surface area contributed by atoms with Gasteiger partial charge in [0.1, 0.15) is 0 Å². The molecule has 0 bridgehead atoms. The van der Waals surface area contributed by atoms with E-state index in [0.717, 1.165) is 37.1 Å². The van der Waals surface area contributed by atoms with Gasteiger partial charge in [-0.3, -0.25) is 4.99 Å². The number of guanidine groups is 1. The van der Waals surface area contributed by atoms with Crippen LogP contribution in [-0.4, -0.2) is 61.8 Å². The minimum atomic E-state index is 0.0413. The first kappa shape index (κ1) is 19.7. The lowest BCUT2D eigenvalue weighted by Gasteiger charge is -2.30. The first-order chi connectivity index (χ1) is 12.2. The average molecular weight is 347 g/mol. The second-order valence-corrected chi connectivity index (χ2v) is 6.98. The van der Waals surface area contributed by atoms with Crippen LogP contribution in [-0.2, 0) is 0 Å². The van der Waals surface area contributed by atoms with E-state index in [1.165, 1.54) is 25.9 Å². The van der Waals surface area contributed by atoms with E-state index < -0.39 is 0 Å². The minimum Gasteiger partial charge on any atom is -0.396 e. The third-order valence-corrected chi connectivity index (χ3v) is 4.77. The first-order valence-electron chi connectivity index (χ1n) is 9.63. The summed E-state index contributed by atoms with van der Waals surface area (Å²) in [4.78, 5) is 7.21. The zero-order valence-corrected chi connectivity index (χ0v) is 15.7. The summed E-state index contributed by atoms with van der Waals surface area (Å²) in [6, 6.07) is 10.1. The Hall–Kier alpha value is -1.59. The van der Waals surface area contributed by atoms with Crippen molar-refractivity contribution in [2.45, 2.75) is 32.6 Å². The molecule has 1 fully saturated rings. The van der Waals surface area contributed by atoms with Crippen LogP contribution in [0.15, 0.2) is 35.3 Å². The Morgan fingerprint density at radius 2 is 2.12 bits per heavy atom. The van der Waals surface area contributed by atoms with Crippen molar-refractivity contribution in [3.63, 3.8) is 0 Å². The highest BCUT2D eigenvalue weighted by Crippen LogP contribution is 2.15. The van der Waals surface area contributed by atoms with E-state index in [9.17, 15) is 5.11 Å². The SMILES string of the molecule is CCNC(=NCC(CO)c1ccccc1)NCCN1CCCC(C)C1. The van der Waals surface area contributed by atoms with E-state index in [2.05, 4.69) is 34.4 Å². The Morgan fingerprint density at radius 1 is 1.32 bits per heavy atom. The molecule has 0 amide bonds. The van der Waals surface area contributed by atoms with Crippen molar-refractivity contribution >= 4 is 5.96 Å². The quantitative estimate of drug-likeness (QED) is 0.498. The molecule has 0 spiro atoms. The van der Waals surface area contributed by atoms with Crippen LogP contribution in [0.2, 0.25) is 0 Å². The highest BCUT2D eigenvalue weighted by Gasteiger charge is 2.15. The molecule has 1 saturated heterocycles. The number of hydrogen-bond donors (Lipinski definition) is 3. The molecule has 0 aliphatic carbocycles. The van der Waals surface area contributed by atoms with Crippen molar-refractivity contribution < 1.29 is 5.11 Å². The van der Waals surface area contributed by atoms with Crippen LogP contribution < -0.4 is 10.6 Å². The molecular weight excluding hydrogens is 312 g/mol. The van der Waals surface area contributed by atoms with Crippen LogP contribution in [0, 0.1) is 5.92 Å².